The standard InChI is InChI=1S/C16H19N5OS2/c1-4-11-8-6-7-10(3)14(11)18-15-19-20-16(24-15)23-9-12-17-13(5-2)22-21-12/h6-8H,4-5,9H2,1-3H3,(H,18,19). The smallest absolute Gasteiger partial charge is 0.226 e. The second-order valence-corrected chi connectivity index (χ2v) is 7.41. The van der Waals surface area contributed by atoms with Gasteiger partial charge in [-0.25, -0.2) is 0 Å². The van der Waals surface area contributed by atoms with Crippen molar-refractivity contribution in [1.82, 2.24) is 20.3 Å². The molecule has 0 aliphatic carbocycles. The molecule has 0 aliphatic heterocycles. The summed E-state index contributed by atoms with van der Waals surface area (Å²) >= 11 is 3.09. The maximum atomic E-state index is 5.11. The van der Waals surface area contributed by atoms with Gasteiger partial charge in [0.2, 0.25) is 11.0 Å². The third kappa shape index (κ3) is 3.93. The third-order valence-corrected chi connectivity index (χ3v) is 5.48. The fourth-order valence-corrected chi connectivity index (χ4v) is 3.85. The number of hydrogen-bond donors (Lipinski definition) is 1. The van der Waals surface area contributed by atoms with Crippen LogP contribution >= 0.6 is 23.1 Å². The van der Waals surface area contributed by atoms with Crippen molar-refractivity contribution in [3.63, 3.8) is 0 Å². The van der Waals surface area contributed by atoms with Crippen LogP contribution in [0.2, 0.25) is 0 Å². The molecule has 0 spiro atoms. The van der Waals surface area contributed by atoms with Crippen LogP contribution in [-0.4, -0.2) is 20.3 Å². The van der Waals surface area contributed by atoms with Crippen LogP contribution in [-0.2, 0) is 18.6 Å². The molecule has 24 heavy (non-hydrogen) atoms. The minimum Gasteiger partial charge on any atom is -0.339 e. The highest BCUT2D eigenvalue weighted by Gasteiger charge is 2.11. The van der Waals surface area contributed by atoms with E-state index in [0.717, 1.165) is 28.0 Å². The molecule has 0 aliphatic rings. The van der Waals surface area contributed by atoms with Crippen LogP contribution in [0.5, 0.6) is 0 Å². The summed E-state index contributed by atoms with van der Waals surface area (Å²) in [6.07, 6.45) is 1.72. The maximum absolute atomic E-state index is 5.11. The number of hydrogen-bond acceptors (Lipinski definition) is 8. The van der Waals surface area contributed by atoms with Gasteiger partial charge in [0.15, 0.2) is 10.2 Å². The second kappa shape index (κ2) is 7.76. The molecular weight excluding hydrogens is 342 g/mol. The Kier molecular flexibility index (Phi) is 5.47. The number of rotatable bonds is 7. The van der Waals surface area contributed by atoms with E-state index in [1.807, 2.05) is 6.92 Å². The van der Waals surface area contributed by atoms with Crippen molar-refractivity contribution < 1.29 is 4.52 Å². The molecule has 3 aromatic rings. The number of anilines is 2. The predicted octanol–water partition coefficient (Wildman–Crippen LogP) is 4.39. The summed E-state index contributed by atoms with van der Waals surface area (Å²) < 4.78 is 5.99. The van der Waals surface area contributed by atoms with Crippen molar-refractivity contribution >= 4 is 33.9 Å². The van der Waals surface area contributed by atoms with E-state index < -0.39 is 0 Å². The Balaban J connectivity index is 1.65. The Labute approximate surface area is 149 Å². The number of thioether (sulfide) groups is 1. The summed E-state index contributed by atoms with van der Waals surface area (Å²) in [6, 6.07) is 6.31. The van der Waals surface area contributed by atoms with Crippen LogP contribution in [0.15, 0.2) is 27.1 Å². The molecular formula is C16H19N5OS2. The van der Waals surface area contributed by atoms with Crippen LogP contribution in [0.4, 0.5) is 10.8 Å². The van der Waals surface area contributed by atoms with E-state index in [9.17, 15) is 0 Å². The molecule has 0 saturated heterocycles. The number of nitrogens with one attached hydrogen (secondary N) is 1. The summed E-state index contributed by atoms with van der Waals surface area (Å²) in [7, 11) is 0. The molecule has 0 bridgehead atoms. The maximum Gasteiger partial charge on any atom is 0.226 e. The van der Waals surface area contributed by atoms with Gasteiger partial charge in [0.05, 0.1) is 5.75 Å². The lowest BCUT2D eigenvalue weighted by Crippen LogP contribution is -1.97. The van der Waals surface area contributed by atoms with Crippen LogP contribution in [0, 0.1) is 6.92 Å². The zero-order chi connectivity index (χ0) is 16.9. The zero-order valence-corrected chi connectivity index (χ0v) is 15.5. The van der Waals surface area contributed by atoms with Crippen molar-refractivity contribution in [3.8, 4) is 0 Å². The number of para-hydroxylation sites is 1. The first-order chi connectivity index (χ1) is 11.7. The molecule has 0 saturated carbocycles. The third-order valence-electron chi connectivity index (χ3n) is 3.52. The van der Waals surface area contributed by atoms with Crippen LogP contribution < -0.4 is 5.32 Å². The van der Waals surface area contributed by atoms with Gasteiger partial charge in [-0.05, 0) is 24.5 Å². The highest BCUT2D eigenvalue weighted by Crippen LogP contribution is 2.31. The molecule has 2 heterocycles. The monoisotopic (exact) mass is 361 g/mol. The number of nitrogens with zero attached hydrogens (tertiary/aromatic N) is 4. The van der Waals surface area contributed by atoms with Gasteiger partial charge in [-0.3, -0.25) is 0 Å². The molecule has 126 valence electrons. The van der Waals surface area contributed by atoms with E-state index >= 15 is 0 Å². The van der Waals surface area contributed by atoms with Crippen molar-refractivity contribution in [3.05, 3.63) is 41.0 Å². The second-order valence-electron chi connectivity index (χ2n) is 5.21. The SMILES string of the molecule is CCc1nc(CSc2nnc(Nc3c(C)cccc3CC)s2)no1. The largest absolute Gasteiger partial charge is 0.339 e. The van der Waals surface area contributed by atoms with Gasteiger partial charge in [0.25, 0.3) is 0 Å². The van der Waals surface area contributed by atoms with Gasteiger partial charge in [0.1, 0.15) is 0 Å². The van der Waals surface area contributed by atoms with Gasteiger partial charge in [-0.1, -0.05) is 60.3 Å². The molecule has 6 nitrogen and oxygen atoms in total. The molecule has 0 amide bonds. The van der Waals surface area contributed by atoms with E-state index in [1.165, 1.54) is 22.5 Å². The quantitative estimate of drug-likeness (QED) is 0.625. The highest BCUT2D eigenvalue weighted by molar-refractivity contribution is 8.00. The topological polar surface area (TPSA) is 76.7 Å². The molecule has 0 radical (unpaired) electrons. The lowest BCUT2D eigenvalue weighted by Gasteiger charge is -2.11. The van der Waals surface area contributed by atoms with Crippen molar-refractivity contribution in [2.75, 3.05) is 5.32 Å². The number of aromatic nitrogens is 4. The minimum atomic E-state index is 0.628. The van der Waals surface area contributed by atoms with E-state index in [2.05, 4.69) is 57.7 Å². The first-order valence-electron chi connectivity index (χ1n) is 7.82. The van der Waals surface area contributed by atoms with Gasteiger partial charge < -0.3 is 9.84 Å². The highest BCUT2D eigenvalue weighted by atomic mass is 32.2. The van der Waals surface area contributed by atoms with Gasteiger partial charge in [0, 0.05) is 12.1 Å². The minimum absolute atomic E-state index is 0.628. The molecule has 8 heteroatoms. The fourth-order valence-electron chi connectivity index (χ4n) is 2.25. The summed E-state index contributed by atoms with van der Waals surface area (Å²) in [5.41, 5.74) is 3.61. The van der Waals surface area contributed by atoms with E-state index in [0.29, 0.717) is 17.5 Å². The summed E-state index contributed by atoms with van der Waals surface area (Å²) in [5.74, 6) is 1.98. The predicted molar refractivity (Wildman–Crippen MR) is 97.0 cm³/mol. The average Bonchev–Trinajstić information content (AvgIpc) is 3.23. The Morgan fingerprint density at radius 2 is 2.08 bits per heavy atom. The molecule has 2 aromatic heterocycles. The molecule has 1 aromatic carbocycles. The lowest BCUT2D eigenvalue weighted by molar-refractivity contribution is 0.378. The van der Waals surface area contributed by atoms with Gasteiger partial charge >= 0.3 is 0 Å². The Bertz CT molecular complexity index is 814. The zero-order valence-electron chi connectivity index (χ0n) is 13.9. The van der Waals surface area contributed by atoms with E-state index in [1.54, 1.807) is 11.8 Å². The Hall–Kier alpha value is -1.93. The van der Waals surface area contributed by atoms with Crippen molar-refractivity contribution in [2.24, 2.45) is 0 Å². The van der Waals surface area contributed by atoms with Crippen molar-refractivity contribution in [2.45, 2.75) is 43.7 Å². The average molecular weight is 361 g/mol. The van der Waals surface area contributed by atoms with Crippen LogP contribution in [0.25, 0.3) is 0 Å². The normalized spacial score (nSPS) is 11.0. The molecule has 0 unspecified atom stereocenters. The summed E-state index contributed by atoms with van der Waals surface area (Å²) in [6.45, 7) is 6.24. The van der Waals surface area contributed by atoms with E-state index in [-0.39, 0.29) is 0 Å². The fraction of sp³-hybridized carbons (Fsp3) is 0.375. The Morgan fingerprint density at radius 1 is 1.21 bits per heavy atom. The van der Waals surface area contributed by atoms with Crippen LogP contribution in [0.3, 0.4) is 0 Å². The van der Waals surface area contributed by atoms with E-state index in [4.69, 9.17) is 4.52 Å². The first-order valence-corrected chi connectivity index (χ1v) is 9.63. The first kappa shape index (κ1) is 16.9. The summed E-state index contributed by atoms with van der Waals surface area (Å²) in [4.78, 5) is 4.29. The molecule has 0 atom stereocenters. The summed E-state index contributed by atoms with van der Waals surface area (Å²) in [5, 5.41) is 16.6. The van der Waals surface area contributed by atoms with Crippen LogP contribution in [0.1, 0.15) is 36.7 Å². The van der Waals surface area contributed by atoms with Gasteiger partial charge in [-0.15, -0.1) is 10.2 Å². The number of aryl methyl sites for hydroxylation is 3. The molecule has 1 N–H and O–H groups in total. The molecule has 0 fully saturated rings. The van der Waals surface area contributed by atoms with Gasteiger partial charge in [-0.2, -0.15) is 4.98 Å². The Morgan fingerprint density at radius 3 is 2.83 bits per heavy atom. The van der Waals surface area contributed by atoms with Crippen molar-refractivity contribution in [1.29, 1.82) is 0 Å². The molecule has 3 rings (SSSR count). The lowest BCUT2D eigenvalue weighted by atomic mass is 10.1. The number of benzene rings is 1.